The maximum Gasteiger partial charge on any atom is 0.183 e. The van der Waals surface area contributed by atoms with E-state index in [2.05, 4.69) is 4.74 Å². The van der Waals surface area contributed by atoms with Crippen LogP contribution in [-0.4, -0.2) is 53.6 Å². The van der Waals surface area contributed by atoms with E-state index in [1.165, 1.54) is 7.11 Å². The minimum Gasteiger partial charge on any atom is -0.388 e. The molecule has 1 heterocycles. The second kappa shape index (κ2) is 3.46. The van der Waals surface area contributed by atoms with Crippen molar-refractivity contribution in [1.29, 1.82) is 0 Å². The average Bonchev–Trinajstić information content (AvgIpc) is 1.99. The molecule has 0 amide bonds. The average molecular weight is 164 g/mol. The highest BCUT2D eigenvalue weighted by molar-refractivity contribution is 4.82. The van der Waals surface area contributed by atoms with Crippen molar-refractivity contribution in [1.82, 2.24) is 0 Å². The highest BCUT2D eigenvalue weighted by Gasteiger charge is 2.37. The third-order valence-corrected chi connectivity index (χ3v) is 1.72. The molecule has 0 radical (unpaired) electrons. The zero-order chi connectivity index (χ0) is 8.43. The molecule has 0 spiro atoms. The summed E-state index contributed by atoms with van der Waals surface area (Å²) in [7, 11) is 1.33. The van der Waals surface area contributed by atoms with Gasteiger partial charge in [0.1, 0.15) is 18.3 Å². The Labute approximate surface area is 64.2 Å². The molecule has 1 saturated heterocycles. The molecule has 0 aromatic rings. The Hall–Kier alpha value is -0.200. The lowest BCUT2D eigenvalue weighted by Crippen LogP contribution is -2.53. The first-order valence-corrected chi connectivity index (χ1v) is 3.35. The molecule has 1 aliphatic heterocycles. The van der Waals surface area contributed by atoms with Gasteiger partial charge in [-0.25, -0.2) is 0 Å². The van der Waals surface area contributed by atoms with Crippen molar-refractivity contribution in [2.24, 2.45) is 0 Å². The molecule has 66 valence electrons. The molecule has 1 aliphatic rings. The fourth-order valence-corrected chi connectivity index (χ4v) is 1.03. The number of methoxy groups -OCH3 is 1. The second-order valence-electron chi connectivity index (χ2n) is 2.48. The Morgan fingerprint density at radius 2 is 2.00 bits per heavy atom. The van der Waals surface area contributed by atoms with Gasteiger partial charge in [0.15, 0.2) is 6.29 Å². The van der Waals surface area contributed by atoms with Crippen molar-refractivity contribution in [3.63, 3.8) is 0 Å². The Bertz CT molecular complexity index is 128. The van der Waals surface area contributed by atoms with Crippen LogP contribution in [0, 0.1) is 0 Å². The van der Waals surface area contributed by atoms with Gasteiger partial charge < -0.3 is 24.8 Å². The maximum atomic E-state index is 9.19. The topological polar surface area (TPSA) is 79.2 Å². The fourth-order valence-electron chi connectivity index (χ4n) is 1.03. The van der Waals surface area contributed by atoms with E-state index in [4.69, 9.17) is 14.9 Å². The number of aliphatic hydroxyl groups excluding tert-OH is 3. The van der Waals surface area contributed by atoms with Crippen LogP contribution in [0.1, 0.15) is 0 Å². The van der Waals surface area contributed by atoms with Crippen molar-refractivity contribution in [3.05, 3.63) is 0 Å². The van der Waals surface area contributed by atoms with Crippen LogP contribution in [0.4, 0.5) is 0 Å². The van der Waals surface area contributed by atoms with E-state index < -0.39 is 24.6 Å². The van der Waals surface area contributed by atoms with E-state index in [0.29, 0.717) is 0 Å². The molecular formula is C6H12O5. The molecule has 4 atom stereocenters. The van der Waals surface area contributed by atoms with E-state index in [9.17, 15) is 5.11 Å². The standard InChI is InChI=1S/C6H12O5/c1-10-5-4(8)3(7)2-11-6(5)9/h3-9H,2H2,1H3/t3-,4+,5+,6-/m1/s1. The van der Waals surface area contributed by atoms with E-state index >= 15 is 0 Å². The molecule has 0 aromatic heterocycles. The molecule has 0 bridgehead atoms. The summed E-state index contributed by atoms with van der Waals surface area (Å²) in [6, 6.07) is 0. The second-order valence-corrected chi connectivity index (χ2v) is 2.48. The minimum absolute atomic E-state index is 0.0673. The van der Waals surface area contributed by atoms with Crippen molar-refractivity contribution in [2.45, 2.75) is 24.6 Å². The summed E-state index contributed by atoms with van der Waals surface area (Å²) in [6.45, 7) is -0.0673. The highest BCUT2D eigenvalue weighted by Crippen LogP contribution is 2.15. The number of rotatable bonds is 1. The predicted molar refractivity (Wildman–Crippen MR) is 34.8 cm³/mol. The number of hydrogen-bond acceptors (Lipinski definition) is 5. The highest BCUT2D eigenvalue weighted by atomic mass is 16.6. The van der Waals surface area contributed by atoms with Gasteiger partial charge in [-0.05, 0) is 0 Å². The summed E-state index contributed by atoms with van der Waals surface area (Å²) in [5, 5.41) is 27.3. The molecule has 5 nitrogen and oxygen atoms in total. The first kappa shape index (κ1) is 8.89. The largest absolute Gasteiger partial charge is 0.388 e. The molecule has 0 aromatic carbocycles. The Morgan fingerprint density at radius 1 is 1.36 bits per heavy atom. The van der Waals surface area contributed by atoms with E-state index in [-0.39, 0.29) is 6.61 Å². The van der Waals surface area contributed by atoms with Crippen LogP contribution in [0.2, 0.25) is 0 Å². The Kier molecular flexibility index (Phi) is 2.80. The molecule has 0 aliphatic carbocycles. The normalized spacial score (nSPS) is 45.8. The summed E-state index contributed by atoms with van der Waals surface area (Å²) in [5.74, 6) is 0. The third-order valence-electron chi connectivity index (χ3n) is 1.72. The van der Waals surface area contributed by atoms with Gasteiger partial charge in [-0.15, -0.1) is 0 Å². The van der Waals surface area contributed by atoms with Crippen LogP contribution in [0.5, 0.6) is 0 Å². The van der Waals surface area contributed by atoms with Gasteiger partial charge in [-0.1, -0.05) is 0 Å². The van der Waals surface area contributed by atoms with Crippen LogP contribution in [0.15, 0.2) is 0 Å². The quantitative estimate of drug-likeness (QED) is 0.420. The molecule has 0 unspecified atom stereocenters. The van der Waals surface area contributed by atoms with E-state index in [1.54, 1.807) is 0 Å². The van der Waals surface area contributed by atoms with Crippen LogP contribution in [0.3, 0.4) is 0 Å². The molecule has 1 rings (SSSR count). The summed E-state index contributed by atoms with van der Waals surface area (Å²) >= 11 is 0. The van der Waals surface area contributed by atoms with Gasteiger partial charge >= 0.3 is 0 Å². The van der Waals surface area contributed by atoms with Crippen molar-refractivity contribution < 1.29 is 24.8 Å². The van der Waals surface area contributed by atoms with Gasteiger partial charge in [0.25, 0.3) is 0 Å². The third kappa shape index (κ3) is 1.69. The SMILES string of the molecule is CO[C@H]1[C@@H](O)[C@H](O)CO[C@H]1O. The lowest BCUT2D eigenvalue weighted by Gasteiger charge is -2.34. The zero-order valence-electron chi connectivity index (χ0n) is 6.17. The molecule has 5 heteroatoms. The van der Waals surface area contributed by atoms with Crippen molar-refractivity contribution in [2.75, 3.05) is 13.7 Å². The van der Waals surface area contributed by atoms with Gasteiger partial charge in [-0.2, -0.15) is 0 Å². The molecule has 1 fully saturated rings. The number of hydrogen-bond donors (Lipinski definition) is 3. The van der Waals surface area contributed by atoms with Crippen LogP contribution in [-0.2, 0) is 9.47 Å². The maximum absolute atomic E-state index is 9.19. The van der Waals surface area contributed by atoms with Gasteiger partial charge in [0.2, 0.25) is 0 Å². The van der Waals surface area contributed by atoms with Crippen molar-refractivity contribution >= 4 is 0 Å². The van der Waals surface area contributed by atoms with Crippen LogP contribution >= 0.6 is 0 Å². The first-order chi connectivity index (χ1) is 5.16. The van der Waals surface area contributed by atoms with Crippen LogP contribution in [0.25, 0.3) is 0 Å². The smallest absolute Gasteiger partial charge is 0.183 e. The predicted octanol–water partition coefficient (Wildman–Crippen LogP) is -1.93. The summed E-state index contributed by atoms with van der Waals surface area (Å²) in [4.78, 5) is 0. The van der Waals surface area contributed by atoms with Gasteiger partial charge in [0, 0.05) is 7.11 Å². The summed E-state index contributed by atoms with van der Waals surface area (Å²) < 4.78 is 9.39. The molecule has 11 heavy (non-hydrogen) atoms. The Morgan fingerprint density at radius 3 is 2.45 bits per heavy atom. The van der Waals surface area contributed by atoms with E-state index in [1.807, 2.05) is 0 Å². The van der Waals surface area contributed by atoms with Gasteiger partial charge in [-0.3, -0.25) is 0 Å². The van der Waals surface area contributed by atoms with Crippen LogP contribution < -0.4 is 0 Å². The van der Waals surface area contributed by atoms with Crippen molar-refractivity contribution in [3.8, 4) is 0 Å². The molecule has 0 saturated carbocycles. The summed E-state index contributed by atoms with van der Waals surface area (Å²) in [6.07, 6.45) is -4.08. The zero-order valence-corrected chi connectivity index (χ0v) is 6.17. The lowest BCUT2D eigenvalue weighted by molar-refractivity contribution is -0.258. The monoisotopic (exact) mass is 164 g/mol. The summed E-state index contributed by atoms with van der Waals surface area (Å²) in [5.41, 5.74) is 0. The number of aliphatic hydroxyl groups is 3. The lowest BCUT2D eigenvalue weighted by atomic mass is 10.1. The van der Waals surface area contributed by atoms with Gasteiger partial charge in [0.05, 0.1) is 6.61 Å². The Balaban J connectivity index is 2.55. The molecule has 3 N–H and O–H groups in total. The fraction of sp³-hybridized carbons (Fsp3) is 1.00. The minimum atomic E-state index is -1.15. The first-order valence-electron chi connectivity index (χ1n) is 3.35. The molecular weight excluding hydrogens is 152 g/mol. The number of ether oxygens (including phenoxy) is 2. The van der Waals surface area contributed by atoms with E-state index in [0.717, 1.165) is 0 Å².